The summed E-state index contributed by atoms with van der Waals surface area (Å²) in [5.41, 5.74) is 3.14. The van der Waals surface area contributed by atoms with Gasteiger partial charge >= 0.3 is 0 Å². The van der Waals surface area contributed by atoms with Crippen molar-refractivity contribution >= 4 is 0 Å². The Morgan fingerprint density at radius 1 is 0.645 bits per heavy atom. The highest BCUT2D eigenvalue weighted by molar-refractivity contribution is 5.15. The van der Waals surface area contributed by atoms with Crippen molar-refractivity contribution in [2.24, 2.45) is 0 Å². The first-order chi connectivity index (χ1) is 15.3. The minimum Gasteiger partial charge on any atom is -0.385 e. The molecule has 3 aromatic carbocycles. The summed E-state index contributed by atoms with van der Waals surface area (Å²) in [6.45, 7) is 1.51. The van der Waals surface area contributed by atoms with Crippen LogP contribution in [-0.4, -0.2) is 36.3 Å². The number of aliphatic hydroxyl groups is 1. The molecule has 0 aromatic heterocycles. The van der Waals surface area contributed by atoms with E-state index in [1.54, 1.807) is 0 Å². The van der Waals surface area contributed by atoms with Gasteiger partial charge in [0, 0.05) is 0 Å². The highest BCUT2D eigenvalue weighted by Crippen LogP contribution is 2.27. The Balaban J connectivity index is 1.36. The molecule has 4 atom stereocenters. The van der Waals surface area contributed by atoms with Gasteiger partial charge in [-0.25, -0.2) is 0 Å². The van der Waals surface area contributed by atoms with Gasteiger partial charge in [-0.1, -0.05) is 91.0 Å². The quantitative estimate of drug-likeness (QED) is 0.535. The molecular formula is C26H28O5. The van der Waals surface area contributed by atoms with Gasteiger partial charge in [0.15, 0.2) is 6.29 Å². The van der Waals surface area contributed by atoms with Crippen LogP contribution in [0, 0.1) is 0 Å². The summed E-state index contributed by atoms with van der Waals surface area (Å²) in [6.07, 6.45) is -2.65. The van der Waals surface area contributed by atoms with E-state index < -0.39 is 24.6 Å². The summed E-state index contributed by atoms with van der Waals surface area (Å²) in [5.74, 6) is 0. The van der Waals surface area contributed by atoms with Crippen molar-refractivity contribution in [1.82, 2.24) is 0 Å². The molecule has 1 unspecified atom stereocenters. The number of aliphatic hydroxyl groups excluding tert-OH is 1. The molecular weight excluding hydrogens is 392 g/mol. The molecule has 5 nitrogen and oxygen atoms in total. The minimum absolute atomic E-state index is 0.302. The average molecular weight is 421 g/mol. The molecule has 1 heterocycles. The summed E-state index contributed by atoms with van der Waals surface area (Å²) in [6, 6.07) is 29.7. The number of rotatable bonds is 10. The van der Waals surface area contributed by atoms with Crippen molar-refractivity contribution in [1.29, 1.82) is 0 Å². The zero-order valence-electron chi connectivity index (χ0n) is 17.4. The second kappa shape index (κ2) is 11.2. The smallest absolute Gasteiger partial charge is 0.187 e. The predicted octanol–water partition coefficient (Wildman–Crippen LogP) is 4.09. The number of hydrogen-bond donors (Lipinski definition) is 1. The highest BCUT2D eigenvalue weighted by Gasteiger charge is 2.45. The van der Waals surface area contributed by atoms with Crippen LogP contribution in [0.3, 0.4) is 0 Å². The topological polar surface area (TPSA) is 57.2 Å². The Morgan fingerprint density at radius 3 is 1.68 bits per heavy atom. The molecule has 3 aromatic rings. The molecule has 0 spiro atoms. The van der Waals surface area contributed by atoms with Gasteiger partial charge in [-0.2, -0.15) is 0 Å². The summed E-state index contributed by atoms with van der Waals surface area (Å²) in [4.78, 5) is 0. The van der Waals surface area contributed by atoms with E-state index in [-0.39, 0.29) is 0 Å². The van der Waals surface area contributed by atoms with E-state index in [1.807, 2.05) is 91.0 Å². The maximum Gasteiger partial charge on any atom is 0.187 e. The molecule has 1 aliphatic rings. The van der Waals surface area contributed by atoms with Crippen LogP contribution in [-0.2, 0) is 38.8 Å². The maximum atomic E-state index is 10.9. The normalized spacial score (nSPS) is 23.1. The molecule has 1 fully saturated rings. The van der Waals surface area contributed by atoms with Gasteiger partial charge in [-0.3, -0.25) is 0 Å². The number of benzene rings is 3. The zero-order valence-corrected chi connectivity index (χ0v) is 17.4. The van der Waals surface area contributed by atoms with Crippen LogP contribution in [0.5, 0.6) is 0 Å². The third kappa shape index (κ3) is 6.23. The van der Waals surface area contributed by atoms with Crippen LogP contribution in [0.4, 0.5) is 0 Å². The van der Waals surface area contributed by atoms with Crippen molar-refractivity contribution in [3.05, 3.63) is 108 Å². The van der Waals surface area contributed by atoms with Crippen LogP contribution in [0.25, 0.3) is 0 Å². The first kappa shape index (κ1) is 21.7. The molecule has 162 valence electrons. The number of ether oxygens (including phenoxy) is 4. The van der Waals surface area contributed by atoms with Gasteiger partial charge in [0.1, 0.15) is 18.3 Å². The minimum atomic E-state index is -0.905. The Labute approximate surface area is 183 Å². The fourth-order valence-corrected chi connectivity index (χ4v) is 3.57. The maximum absolute atomic E-state index is 10.9. The monoisotopic (exact) mass is 420 g/mol. The van der Waals surface area contributed by atoms with Crippen LogP contribution in [0.15, 0.2) is 91.0 Å². The first-order valence-electron chi connectivity index (χ1n) is 10.6. The van der Waals surface area contributed by atoms with E-state index in [4.69, 9.17) is 18.9 Å². The molecule has 5 heteroatoms. The molecule has 0 amide bonds. The van der Waals surface area contributed by atoms with E-state index >= 15 is 0 Å². The fraction of sp³-hybridized carbons (Fsp3) is 0.308. The van der Waals surface area contributed by atoms with Gasteiger partial charge in [0.05, 0.1) is 26.4 Å². The molecule has 31 heavy (non-hydrogen) atoms. The first-order valence-corrected chi connectivity index (χ1v) is 10.6. The van der Waals surface area contributed by atoms with E-state index in [1.165, 1.54) is 0 Å². The fourth-order valence-electron chi connectivity index (χ4n) is 3.57. The Bertz CT molecular complexity index is 887. The second-order valence-corrected chi connectivity index (χ2v) is 7.59. The standard InChI is InChI=1S/C26H28O5/c27-24-25(29-17-21-12-6-2-7-13-21)23(19-28-16-20-10-4-1-5-11-20)31-26(24)30-18-22-14-8-3-9-15-22/h1-15,23-27H,16-19H2/t23-,24+,25?,26-/m1/s1. The van der Waals surface area contributed by atoms with Crippen molar-refractivity contribution < 1.29 is 24.1 Å². The second-order valence-electron chi connectivity index (χ2n) is 7.59. The van der Waals surface area contributed by atoms with Crippen molar-refractivity contribution in [2.45, 2.75) is 44.4 Å². The summed E-state index contributed by atoms with van der Waals surface area (Å²) >= 11 is 0. The molecule has 1 N–H and O–H groups in total. The van der Waals surface area contributed by atoms with Crippen molar-refractivity contribution in [3.63, 3.8) is 0 Å². The lowest BCUT2D eigenvalue weighted by molar-refractivity contribution is -0.178. The third-order valence-electron chi connectivity index (χ3n) is 5.23. The lowest BCUT2D eigenvalue weighted by Gasteiger charge is -2.21. The van der Waals surface area contributed by atoms with Crippen LogP contribution in [0.1, 0.15) is 16.7 Å². The SMILES string of the molecule is O[C@H]1C(OCc2ccccc2)[C@@H](COCc2ccccc2)O[C@H]1OCc1ccccc1. The molecule has 1 saturated heterocycles. The van der Waals surface area contributed by atoms with Gasteiger partial charge in [0.2, 0.25) is 0 Å². The summed E-state index contributed by atoms with van der Waals surface area (Å²) < 4.78 is 23.8. The van der Waals surface area contributed by atoms with Crippen LogP contribution in [0.2, 0.25) is 0 Å². The Hall–Kier alpha value is -2.54. The van der Waals surface area contributed by atoms with E-state index in [0.29, 0.717) is 26.4 Å². The summed E-state index contributed by atoms with van der Waals surface area (Å²) in [5, 5.41) is 10.9. The predicted molar refractivity (Wildman–Crippen MR) is 117 cm³/mol. The third-order valence-corrected chi connectivity index (χ3v) is 5.23. The molecule has 0 aliphatic carbocycles. The average Bonchev–Trinajstić information content (AvgIpc) is 3.12. The Morgan fingerprint density at radius 2 is 1.13 bits per heavy atom. The largest absolute Gasteiger partial charge is 0.385 e. The lowest BCUT2D eigenvalue weighted by atomic mass is 10.1. The van der Waals surface area contributed by atoms with E-state index in [0.717, 1.165) is 16.7 Å². The van der Waals surface area contributed by atoms with Gasteiger partial charge in [0.25, 0.3) is 0 Å². The van der Waals surface area contributed by atoms with Gasteiger partial charge in [-0.05, 0) is 16.7 Å². The molecule has 4 rings (SSSR count). The highest BCUT2D eigenvalue weighted by atomic mass is 16.7. The van der Waals surface area contributed by atoms with Gasteiger partial charge < -0.3 is 24.1 Å². The van der Waals surface area contributed by atoms with E-state index in [9.17, 15) is 5.11 Å². The van der Waals surface area contributed by atoms with Crippen molar-refractivity contribution in [2.75, 3.05) is 6.61 Å². The van der Waals surface area contributed by atoms with E-state index in [2.05, 4.69) is 0 Å². The molecule has 0 bridgehead atoms. The zero-order chi connectivity index (χ0) is 21.3. The van der Waals surface area contributed by atoms with Gasteiger partial charge in [-0.15, -0.1) is 0 Å². The molecule has 0 saturated carbocycles. The van der Waals surface area contributed by atoms with Crippen molar-refractivity contribution in [3.8, 4) is 0 Å². The summed E-state index contributed by atoms with van der Waals surface area (Å²) in [7, 11) is 0. The van der Waals surface area contributed by atoms with Crippen LogP contribution < -0.4 is 0 Å². The molecule has 0 radical (unpaired) electrons. The van der Waals surface area contributed by atoms with Crippen LogP contribution >= 0.6 is 0 Å². The lowest BCUT2D eigenvalue weighted by Crippen LogP contribution is -2.37. The number of hydrogen-bond acceptors (Lipinski definition) is 5. The molecule has 1 aliphatic heterocycles. The Kier molecular flexibility index (Phi) is 7.82.